The Bertz CT molecular complexity index is 499. The molecule has 21 heavy (non-hydrogen) atoms. The molecule has 0 saturated carbocycles. The van der Waals surface area contributed by atoms with Gasteiger partial charge in [-0.1, -0.05) is 12.1 Å². The second-order valence-corrected chi connectivity index (χ2v) is 5.93. The number of hydrogen-bond donors (Lipinski definition) is 1. The molecule has 2 unspecified atom stereocenters. The van der Waals surface area contributed by atoms with E-state index < -0.39 is 0 Å². The summed E-state index contributed by atoms with van der Waals surface area (Å²) in [6.07, 6.45) is 0.940. The average Bonchev–Trinajstić information content (AvgIpc) is 2.93. The first-order valence-electron chi connectivity index (χ1n) is 7.64. The quantitative estimate of drug-likeness (QED) is 0.905. The number of hydrogen-bond acceptors (Lipinski definition) is 3. The summed E-state index contributed by atoms with van der Waals surface area (Å²) < 4.78 is 5.73. The molecule has 1 fully saturated rings. The van der Waals surface area contributed by atoms with Crippen molar-refractivity contribution in [2.75, 3.05) is 19.7 Å². The summed E-state index contributed by atoms with van der Waals surface area (Å²) in [7, 11) is 0. The fraction of sp³-hybridized carbons (Fsp3) is 0.588. The first-order valence-corrected chi connectivity index (χ1v) is 7.64. The van der Waals surface area contributed by atoms with Gasteiger partial charge in [0.15, 0.2) is 0 Å². The van der Waals surface area contributed by atoms with E-state index in [0.717, 1.165) is 24.3 Å². The van der Waals surface area contributed by atoms with Gasteiger partial charge in [-0.25, -0.2) is 0 Å². The molecule has 0 radical (unpaired) electrons. The van der Waals surface area contributed by atoms with Crippen molar-refractivity contribution in [1.29, 1.82) is 0 Å². The second-order valence-electron chi connectivity index (χ2n) is 5.93. The zero-order valence-electron chi connectivity index (χ0n) is 13.1. The third-order valence-electron chi connectivity index (χ3n) is 4.39. The highest BCUT2D eigenvalue weighted by Crippen LogP contribution is 2.22. The molecule has 116 valence electrons. The van der Waals surface area contributed by atoms with Crippen LogP contribution in [0.15, 0.2) is 18.2 Å². The highest BCUT2D eigenvalue weighted by Gasteiger charge is 2.28. The lowest BCUT2D eigenvalue weighted by atomic mass is 10.0. The van der Waals surface area contributed by atoms with Crippen molar-refractivity contribution in [3.63, 3.8) is 0 Å². The molecule has 0 aliphatic carbocycles. The summed E-state index contributed by atoms with van der Waals surface area (Å²) >= 11 is 0. The summed E-state index contributed by atoms with van der Waals surface area (Å²) in [5, 5.41) is 9.57. The molecule has 1 aliphatic heterocycles. The lowest BCUT2D eigenvalue weighted by molar-refractivity contribution is -0.130. The van der Waals surface area contributed by atoms with Crippen molar-refractivity contribution >= 4 is 5.91 Å². The van der Waals surface area contributed by atoms with Gasteiger partial charge >= 0.3 is 0 Å². The molecule has 1 heterocycles. The Balaban J connectivity index is 1.79. The first kappa shape index (κ1) is 15.8. The predicted octanol–water partition coefficient (Wildman–Crippen LogP) is 2.30. The van der Waals surface area contributed by atoms with Gasteiger partial charge in [0, 0.05) is 19.0 Å². The van der Waals surface area contributed by atoms with Crippen LogP contribution in [0.2, 0.25) is 0 Å². The Morgan fingerprint density at radius 3 is 2.90 bits per heavy atom. The molecule has 1 aromatic carbocycles. The number of benzene rings is 1. The maximum absolute atomic E-state index is 12.1. The van der Waals surface area contributed by atoms with Gasteiger partial charge < -0.3 is 14.7 Å². The van der Waals surface area contributed by atoms with E-state index in [9.17, 15) is 9.90 Å². The van der Waals surface area contributed by atoms with Crippen molar-refractivity contribution in [3.05, 3.63) is 29.3 Å². The normalized spacial score (nSPS) is 19.6. The number of aryl methyl sites for hydroxylation is 1. The number of aliphatic hydroxyl groups is 1. The molecular weight excluding hydrogens is 266 g/mol. The zero-order valence-corrected chi connectivity index (χ0v) is 13.1. The molecule has 1 aromatic rings. The van der Waals surface area contributed by atoms with E-state index in [1.54, 1.807) is 6.92 Å². The summed E-state index contributed by atoms with van der Waals surface area (Å²) in [6, 6.07) is 5.95. The van der Waals surface area contributed by atoms with Gasteiger partial charge in [0.1, 0.15) is 5.75 Å². The minimum Gasteiger partial charge on any atom is -0.493 e. The number of aliphatic hydroxyl groups excluding tert-OH is 1. The number of nitrogens with zero attached hydrogens (tertiary/aromatic N) is 1. The van der Waals surface area contributed by atoms with Crippen LogP contribution in [0.5, 0.6) is 5.75 Å². The molecule has 4 heteroatoms. The molecule has 2 rings (SSSR count). The minimum atomic E-state index is -0.339. The molecule has 4 nitrogen and oxygen atoms in total. The second kappa shape index (κ2) is 6.94. The summed E-state index contributed by atoms with van der Waals surface area (Å²) in [6.45, 7) is 7.69. The van der Waals surface area contributed by atoms with Crippen molar-refractivity contribution in [2.45, 2.75) is 39.7 Å². The number of carbonyl (C=O) groups is 1. The number of likely N-dealkylation sites (tertiary alicyclic amines) is 1. The Labute approximate surface area is 126 Å². The van der Waals surface area contributed by atoms with E-state index in [1.807, 2.05) is 36.9 Å². The SMILES string of the molecule is Cc1cccc(OCCC(=O)N2CCC(C(C)O)C2)c1C. The molecule has 1 saturated heterocycles. The molecule has 1 amide bonds. The van der Waals surface area contributed by atoms with Crippen LogP contribution in [0.1, 0.15) is 30.9 Å². The highest BCUT2D eigenvalue weighted by molar-refractivity contribution is 5.76. The maximum Gasteiger partial charge on any atom is 0.226 e. The van der Waals surface area contributed by atoms with Crippen molar-refractivity contribution in [2.24, 2.45) is 5.92 Å². The minimum absolute atomic E-state index is 0.114. The lowest BCUT2D eigenvalue weighted by Gasteiger charge is -2.18. The smallest absolute Gasteiger partial charge is 0.226 e. The Morgan fingerprint density at radius 2 is 2.24 bits per heavy atom. The fourth-order valence-corrected chi connectivity index (χ4v) is 2.69. The van der Waals surface area contributed by atoms with Crippen LogP contribution in [0.3, 0.4) is 0 Å². The van der Waals surface area contributed by atoms with Crippen molar-refractivity contribution < 1.29 is 14.6 Å². The lowest BCUT2D eigenvalue weighted by Crippen LogP contribution is -2.31. The van der Waals surface area contributed by atoms with Crippen LogP contribution < -0.4 is 4.74 Å². The molecule has 0 bridgehead atoms. The monoisotopic (exact) mass is 291 g/mol. The van der Waals surface area contributed by atoms with Crippen LogP contribution >= 0.6 is 0 Å². The topological polar surface area (TPSA) is 49.8 Å². The molecule has 0 aromatic heterocycles. The van der Waals surface area contributed by atoms with Crippen LogP contribution in [-0.2, 0) is 4.79 Å². The van der Waals surface area contributed by atoms with Gasteiger partial charge in [0.2, 0.25) is 5.91 Å². The highest BCUT2D eigenvalue weighted by atomic mass is 16.5. The largest absolute Gasteiger partial charge is 0.493 e. The number of ether oxygens (including phenoxy) is 1. The number of amides is 1. The van der Waals surface area contributed by atoms with Crippen LogP contribution in [0.25, 0.3) is 0 Å². The Hall–Kier alpha value is -1.55. The van der Waals surface area contributed by atoms with E-state index in [2.05, 4.69) is 0 Å². The third-order valence-corrected chi connectivity index (χ3v) is 4.39. The maximum atomic E-state index is 12.1. The van der Waals surface area contributed by atoms with E-state index >= 15 is 0 Å². The molecule has 1 N–H and O–H groups in total. The van der Waals surface area contributed by atoms with Gasteiger partial charge in [0.25, 0.3) is 0 Å². The van der Waals surface area contributed by atoms with Gasteiger partial charge in [-0.3, -0.25) is 4.79 Å². The van der Waals surface area contributed by atoms with Crippen LogP contribution in [-0.4, -0.2) is 41.7 Å². The fourth-order valence-electron chi connectivity index (χ4n) is 2.69. The van der Waals surface area contributed by atoms with E-state index in [1.165, 1.54) is 5.56 Å². The Morgan fingerprint density at radius 1 is 1.48 bits per heavy atom. The van der Waals surface area contributed by atoms with Gasteiger partial charge in [-0.05, 0) is 44.4 Å². The zero-order chi connectivity index (χ0) is 15.4. The van der Waals surface area contributed by atoms with E-state index in [4.69, 9.17) is 4.74 Å². The summed E-state index contributed by atoms with van der Waals surface area (Å²) in [5.41, 5.74) is 2.32. The summed E-state index contributed by atoms with van der Waals surface area (Å²) in [4.78, 5) is 14.0. The number of rotatable bonds is 5. The third kappa shape index (κ3) is 3.97. The molecule has 0 spiro atoms. The van der Waals surface area contributed by atoms with Gasteiger partial charge in [-0.15, -0.1) is 0 Å². The first-order chi connectivity index (χ1) is 9.99. The molecule has 1 aliphatic rings. The standard InChI is InChI=1S/C17H25NO3/c1-12-5-4-6-16(13(12)2)21-10-8-17(20)18-9-7-15(11-18)14(3)19/h4-6,14-15,19H,7-11H2,1-3H3. The van der Waals surface area contributed by atoms with E-state index in [-0.39, 0.29) is 17.9 Å². The van der Waals surface area contributed by atoms with Crippen molar-refractivity contribution in [1.82, 2.24) is 4.90 Å². The van der Waals surface area contributed by atoms with Gasteiger partial charge in [-0.2, -0.15) is 0 Å². The Kier molecular flexibility index (Phi) is 5.23. The molecular formula is C17H25NO3. The van der Waals surface area contributed by atoms with Crippen LogP contribution in [0.4, 0.5) is 0 Å². The summed E-state index contributed by atoms with van der Waals surface area (Å²) in [5.74, 6) is 1.18. The molecule has 2 atom stereocenters. The number of carbonyl (C=O) groups excluding carboxylic acids is 1. The van der Waals surface area contributed by atoms with Gasteiger partial charge in [0.05, 0.1) is 19.1 Å². The van der Waals surface area contributed by atoms with E-state index in [0.29, 0.717) is 19.6 Å². The average molecular weight is 291 g/mol. The van der Waals surface area contributed by atoms with Crippen LogP contribution in [0, 0.1) is 19.8 Å². The predicted molar refractivity (Wildman–Crippen MR) is 82.4 cm³/mol. The van der Waals surface area contributed by atoms with Crippen molar-refractivity contribution in [3.8, 4) is 5.75 Å².